The van der Waals surface area contributed by atoms with E-state index < -0.39 is 11.9 Å². The van der Waals surface area contributed by atoms with E-state index in [1.807, 2.05) is 12.1 Å². The van der Waals surface area contributed by atoms with Crippen LogP contribution in [0.25, 0.3) is 0 Å². The second-order valence-corrected chi connectivity index (χ2v) is 5.91. The number of methoxy groups -OCH3 is 2. The highest BCUT2D eigenvalue weighted by molar-refractivity contribution is 5.95. The summed E-state index contributed by atoms with van der Waals surface area (Å²) < 4.78 is 15.4. The van der Waals surface area contributed by atoms with Gasteiger partial charge in [0.2, 0.25) is 0 Å². The van der Waals surface area contributed by atoms with Crippen molar-refractivity contribution in [3.05, 3.63) is 48.0 Å². The van der Waals surface area contributed by atoms with Crippen LogP contribution < -0.4 is 19.7 Å². The van der Waals surface area contributed by atoms with Gasteiger partial charge in [-0.3, -0.25) is 4.79 Å². The van der Waals surface area contributed by atoms with E-state index in [1.165, 1.54) is 14.2 Å². The third kappa shape index (κ3) is 5.39. The first kappa shape index (κ1) is 21.1. The van der Waals surface area contributed by atoms with Gasteiger partial charge in [-0.25, -0.2) is 4.79 Å². The molecule has 1 N–H and O–H groups in total. The molecule has 2 rings (SSSR count). The van der Waals surface area contributed by atoms with Crippen LogP contribution in [0.1, 0.15) is 24.2 Å². The van der Waals surface area contributed by atoms with Crippen LogP contribution in [0.3, 0.4) is 0 Å². The van der Waals surface area contributed by atoms with Gasteiger partial charge >= 0.3 is 5.97 Å². The molecular formula is C21H26N2O5. The van der Waals surface area contributed by atoms with Crippen molar-refractivity contribution >= 4 is 23.3 Å². The van der Waals surface area contributed by atoms with Gasteiger partial charge in [-0.05, 0) is 50.2 Å². The fourth-order valence-electron chi connectivity index (χ4n) is 2.72. The minimum atomic E-state index is -0.548. The Morgan fingerprint density at radius 1 is 0.929 bits per heavy atom. The van der Waals surface area contributed by atoms with E-state index in [1.54, 1.807) is 30.3 Å². The normalized spacial score (nSPS) is 10.1. The van der Waals surface area contributed by atoms with Crippen molar-refractivity contribution < 1.29 is 23.8 Å². The first-order chi connectivity index (χ1) is 13.5. The van der Waals surface area contributed by atoms with Crippen molar-refractivity contribution in [2.75, 3.05) is 44.1 Å². The van der Waals surface area contributed by atoms with Gasteiger partial charge in [-0.2, -0.15) is 0 Å². The first-order valence-electron chi connectivity index (χ1n) is 9.06. The van der Waals surface area contributed by atoms with Crippen LogP contribution in [0.4, 0.5) is 11.4 Å². The molecule has 0 saturated carbocycles. The number of nitrogens with zero attached hydrogens (tertiary/aromatic N) is 1. The van der Waals surface area contributed by atoms with Crippen LogP contribution in [0.15, 0.2) is 42.5 Å². The predicted molar refractivity (Wildman–Crippen MR) is 108 cm³/mol. The number of esters is 1. The molecule has 0 heterocycles. The fourth-order valence-corrected chi connectivity index (χ4v) is 2.72. The molecule has 0 aliphatic rings. The van der Waals surface area contributed by atoms with Crippen molar-refractivity contribution in [1.29, 1.82) is 0 Å². The summed E-state index contributed by atoms with van der Waals surface area (Å²) in [6.07, 6.45) is 0. The van der Waals surface area contributed by atoms with Gasteiger partial charge in [0.05, 0.1) is 19.8 Å². The maximum Gasteiger partial charge on any atom is 0.338 e. The summed E-state index contributed by atoms with van der Waals surface area (Å²) in [5, 5.41) is 2.66. The van der Waals surface area contributed by atoms with Crippen LogP contribution in [0.2, 0.25) is 0 Å². The van der Waals surface area contributed by atoms with Crippen LogP contribution in [-0.4, -0.2) is 45.8 Å². The Bertz CT molecular complexity index is 801. The Balaban J connectivity index is 1.91. The number of hydrogen-bond acceptors (Lipinski definition) is 6. The number of anilines is 2. The molecule has 7 nitrogen and oxygen atoms in total. The molecule has 0 fully saturated rings. The maximum absolute atomic E-state index is 12.2. The Morgan fingerprint density at radius 2 is 1.57 bits per heavy atom. The van der Waals surface area contributed by atoms with Gasteiger partial charge in [0.15, 0.2) is 18.1 Å². The molecule has 0 atom stereocenters. The van der Waals surface area contributed by atoms with Crippen molar-refractivity contribution in [2.45, 2.75) is 13.8 Å². The van der Waals surface area contributed by atoms with Gasteiger partial charge in [0, 0.05) is 30.5 Å². The van der Waals surface area contributed by atoms with E-state index in [0.717, 1.165) is 18.8 Å². The Hall–Kier alpha value is -3.22. The summed E-state index contributed by atoms with van der Waals surface area (Å²) in [6, 6.07) is 12.1. The molecule has 0 unspecified atom stereocenters. The summed E-state index contributed by atoms with van der Waals surface area (Å²) in [7, 11) is 3.04. The fraction of sp³-hybridized carbons (Fsp3) is 0.333. The Kier molecular flexibility index (Phi) is 7.68. The van der Waals surface area contributed by atoms with Crippen LogP contribution in [0, 0.1) is 0 Å². The van der Waals surface area contributed by atoms with E-state index in [9.17, 15) is 9.59 Å². The number of amides is 1. The smallest absolute Gasteiger partial charge is 0.338 e. The van der Waals surface area contributed by atoms with E-state index in [4.69, 9.17) is 14.2 Å². The summed E-state index contributed by atoms with van der Waals surface area (Å²) in [5.41, 5.74) is 1.95. The van der Waals surface area contributed by atoms with Crippen LogP contribution in [0.5, 0.6) is 11.5 Å². The second kappa shape index (κ2) is 10.2. The second-order valence-electron chi connectivity index (χ2n) is 5.91. The topological polar surface area (TPSA) is 77.1 Å². The summed E-state index contributed by atoms with van der Waals surface area (Å²) in [6.45, 7) is 5.53. The lowest BCUT2D eigenvalue weighted by Gasteiger charge is -2.20. The highest BCUT2D eigenvalue weighted by Crippen LogP contribution is 2.29. The average Bonchev–Trinajstić information content (AvgIpc) is 2.73. The van der Waals surface area contributed by atoms with E-state index in [-0.39, 0.29) is 6.61 Å². The molecule has 0 aliphatic carbocycles. The van der Waals surface area contributed by atoms with Crippen molar-refractivity contribution in [1.82, 2.24) is 0 Å². The minimum absolute atomic E-state index is 0.384. The quantitative estimate of drug-likeness (QED) is 0.666. The molecule has 0 aliphatic heterocycles. The Morgan fingerprint density at radius 3 is 2.14 bits per heavy atom. The number of hydrogen-bond donors (Lipinski definition) is 1. The number of nitrogens with one attached hydrogen (secondary N) is 1. The average molecular weight is 386 g/mol. The maximum atomic E-state index is 12.2. The Labute approximate surface area is 165 Å². The lowest BCUT2D eigenvalue weighted by Crippen LogP contribution is -2.22. The van der Waals surface area contributed by atoms with Gasteiger partial charge in [-0.15, -0.1) is 0 Å². The molecule has 0 spiro atoms. The highest BCUT2D eigenvalue weighted by atomic mass is 16.5. The lowest BCUT2D eigenvalue weighted by atomic mass is 10.2. The van der Waals surface area contributed by atoms with E-state index >= 15 is 0 Å². The summed E-state index contributed by atoms with van der Waals surface area (Å²) in [4.78, 5) is 26.4. The highest BCUT2D eigenvalue weighted by Gasteiger charge is 2.12. The van der Waals surface area contributed by atoms with Gasteiger partial charge in [0.1, 0.15) is 0 Å². The number of ether oxygens (including phenoxy) is 3. The lowest BCUT2D eigenvalue weighted by molar-refractivity contribution is -0.119. The minimum Gasteiger partial charge on any atom is -0.493 e. The predicted octanol–water partition coefficient (Wildman–Crippen LogP) is 3.35. The summed E-state index contributed by atoms with van der Waals surface area (Å²) in [5.74, 6) is 0.0551. The van der Waals surface area contributed by atoms with Gasteiger partial charge in [0.25, 0.3) is 5.91 Å². The van der Waals surface area contributed by atoms with Crippen molar-refractivity contribution in [3.8, 4) is 11.5 Å². The zero-order valence-electron chi connectivity index (χ0n) is 16.7. The molecule has 0 radical (unpaired) electrons. The molecule has 7 heteroatoms. The molecule has 2 aromatic carbocycles. The molecule has 0 bridgehead atoms. The first-order valence-corrected chi connectivity index (χ1v) is 9.06. The van der Waals surface area contributed by atoms with Gasteiger partial charge in [-0.1, -0.05) is 0 Å². The van der Waals surface area contributed by atoms with Crippen LogP contribution >= 0.6 is 0 Å². The number of carbonyl (C=O) groups excluding carboxylic acids is 2. The molecule has 150 valence electrons. The molecule has 0 aromatic heterocycles. The molecular weight excluding hydrogens is 360 g/mol. The summed E-state index contributed by atoms with van der Waals surface area (Å²) >= 11 is 0. The number of rotatable bonds is 9. The molecule has 1 amide bonds. The van der Waals surface area contributed by atoms with E-state index in [2.05, 4.69) is 24.1 Å². The third-order valence-corrected chi connectivity index (χ3v) is 4.23. The standard InChI is InChI=1S/C21H26N2O5/c1-5-23(6-2)17-10-7-15(8-11-17)21(25)28-14-20(24)22-16-9-12-18(26-3)19(13-16)27-4/h7-13H,5-6,14H2,1-4H3,(H,22,24). The molecule has 28 heavy (non-hydrogen) atoms. The van der Waals surface area contributed by atoms with Gasteiger partial charge < -0.3 is 24.4 Å². The largest absolute Gasteiger partial charge is 0.493 e. The van der Waals surface area contributed by atoms with Crippen molar-refractivity contribution in [3.63, 3.8) is 0 Å². The van der Waals surface area contributed by atoms with Crippen LogP contribution in [-0.2, 0) is 9.53 Å². The SMILES string of the molecule is CCN(CC)c1ccc(C(=O)OCC(=O)Nc2ccc(OC)c(OC)c2)cc1. The monoisotopic (exact) mass is 386 g/mol. The number of carbonyl (C=O) groups is 2. The zero-order chi connectivity index (χ0) is 20.5. The third-order valence-electron chi connectivity index (χ3n) is 4.23. The molecule has 0 saturated heterocycles. The molecule has 2 aromatic rings. The number of benzene rings is 2. The zero-order valence-corrected chi connectivity index (χ0v) is 16.7. The van der Waals surface area contributed by atoms with E-state index in [0.29, 0.717) is 22.7 Å². The van der Waals surface area contributed by atoms with Crippen molar-refractivity contribution in [2.24, 2.45) is 0 Å².